The summed E-state index contributed by atoms with van der Waals surface area (Å²) in [5.74, 6) is -4.66. The van der Waals surface area contributed by atoms with Crippen LogP contribution < -0.4 is 0 Å². The zero-order valence-electron chi connectivity index (χ0n) is 9.58. The van der Waals surface area contributed by atoms with Crippen molar-refractivity contribution in [1.29, 1.82) is 0 Å². The maximum Gasteiger partial charge on any atom is 0.194 e. The second-order valence-electron chi connectivity index (χ2n) is 3.76. The molecule has 0 fully saturated rings. The van der Waals surface area contributed by atoms with E-state index in [4.69, 9.17) is 0 Å². The second-order valence-corrected chi connectivity index (χ2v) is 3.76. The SMILES string of the molecule is Fc1cc(C#Cc2cc(F)c(F)c(F)c2)cc(F)c1F. The van der Waals surface area contributed by atoms with Crippen molar-refractivity contribution in [3.05, 3.63) is 70.3 Å². The number of halogens is 6. The molecule has 20 heavy (non-hydrogen) atoms. The van der Waals surface area contributed by atoms with Gasteiger partial charge in [0, 0.05) is 11.1 Å². The van der Waals surface area contributed by atoms with E-state index in [0.717, 1.165) is 0 Å². The first-order valence-electron chi connectivity index (χ1n) is 5.19. The molecule has 0 aliphatic carbocycles. The first kappa shape index (κ1) is 14.0. The molecule has 0 unspecified atom stereocenters. The quantitative estimate of drug-likeness (QED) is 0.391. The first-order valence-corrected chi connectivity index (χ1v) is 5.19. The van der Waals surface area contributed by atoms with E-state index in [0.29, 0.717) is 24.3 Å². The van der Waals surface area contributed by atoms with Gasteiger partial charge in [-0.25, -0.2) is 26.3 Å². The predicted molar refractivity (Wildman–Crippen MR) is 58.6 cm³/mol. The Morgan fingerprint density at radius 3 is 1.00 bits per heavy atom. The molecule has 0 radical (unpaired) electrons. The summed E-state index contributed by atoms with van der Waals surface area (Å²) in [4.78, 5) is 0. The Kier molecular flexibility index (Phi) is 3.70. The second kappa shape index (κ2) is 5.29. The van der Waals surface area contributed by atoms with Crippen molar-refractivity contribution in [3.8, 4) is 11.8 Å². The molecule has 0 aliphatic rings. The number of hydrogen-bond acceptors (Lipinski definition) is 0. The van der Waals surface area contributed by atoms with E-state index in [9.17, 15) is 26.3 Å². The van der Waals surface area contributed by atoms with Gasteiger partial charge in [0.1, 0.15) is 0 Å². The van der Waals surface area contributed by atoms with E-state index in [1.54, 1.807) is 0 Å². The molecule has 0 aromatic heterocycles. The summed E-state index contributed by atoms with van der Waals surface area (Å²) in [7, 11) is 0. The maximum absolute atomic E-state index is 12.9. The molecule has 0 saturated heterocycles. The fourth-order valence-corrected chi connectivity index (χ4v) is 1.40. The van der Waals surface area contributed by atoms with Crippen molar-refractivity contribution >= 4 is 0 Å². The lowest BCUT2D eigenvalue weighted by Crippen LogP contribution is -1.93. The van der Waals surface area contributed by atoms with E-state index < -0.39 is 34.9 Å². The van der Waals surface area contributed by atoms with E-state index in [1.165, 1.54) is 0 Å². The van der Waals surface area contributed by atoms with Crippen molar-refractivity contribution in [2.75, 3.05) is 0 Å². The summed E-state index contributed by atoms with van der Waals surface area (Å²) in [6.45, 7) is 0. The smallest absolute Gasteiger partial charge is 0.194 e. The highest BCUT2D eigenvalue weighted by molar-refractivity contribution is 5.43. The Balaban J connectivity index is 2.41. The third kappa shape index (κ3) is 2.77. The Bertz CT molecular complexity index is 632. The highest BCUT2D eigenvalue weighted by Gasteiger charge is 2.10. The van der Waals surface area contributed by atoms with E-state index in [2.05, 4.69) is 11.8 Å². The van der Waals surface area contributed by atoms with Crippen LogP contribution in [0.25, 0.3) is 0 Å². The topological polar surface area (TPSA) is 0 Å². The minimum absolute atomic E-state index is 0.230. The molecule has 0 N–H and O–H groups in total. The molecule has 2 aromatic rings. The van der Waals surface area contributed by atoms with Crippen molar-refractivity contribution in [2.45, 2.75) is 0 Å². The summed E-state index contributed by atoms with van der Waals surface area (Å²) >= 11 is 0. The lowest BCUT2D eigenvalue weighted by atomic mass is 10.1. The van der Waals surface area contributed by atoms with Crippen molar-refractivity contribution in [3.63, 3.8) is 0 Å². The minimum Gasteiger partial charge on any atom is -0.204 e. The zero-order valence-corrected chi connectivity index (χ0v) is 9.58. The predicted octanol–water partition coefficient (Wildman–Crippen LogP) is 3.92. The highest BCUT2D eigenvalue weighted by Crippen LogP contribution is 2.14. The van der Waals surface area contributed by atoms with Crippen LogP contribution in [0.1, 0.15) is 11.1 Å². The van der Waals surface area contributed by atoms with Crippen molar-refractivity contribution in [1.82, 2.24) is 0 Å². The largest absolute Gasteiger partial charge is 0.204 e. The summed E-state index contributed by atoms with van der Waals surface area (Å²) in [5.41, 5.74) is -0.460. The van der Waals surface area contributed by atoms with Gasteiger partial charge in [-0.15, -0.1) is 0 Å². The van der Waals surface area contributed by atoms with Crippen LogP contribution in [0.3, 0.4) is 0 Å². The van der Waals surface area contributed by atoms with Crippen LogP contribution in [0.4, 0.5) is 26.3 Å². The molecule has 0 bridgehead atoms. The molecule has 6 heteroatoms. The van der Waals surface area contributed by atoms with E-state index in [1.807, 2.05) is 0 Å². The molecule has 0 spiro atoms. The fraction of sp³-hybridized carbons (Fsp3) is 0. The monoisotopic (exact) mass is 286 g/mol. The molecule has 0 amide bonds. The molecular weight excluding hydrogens is 282 g/mol. The van der Waals surface area contributed by atoms with E-state index in [-0.39, 0.29) is 11.1 Å². The van der Waals surface area contributed by atoms with Gasteiger partial charge in [0.05, 0.1) is 0 Å². The Morgan fingerprint density at radius 1 is 0.500 bits per heavy atom. The molecule has 0 heterocycles. The average Bonchev–Trinajstić information content (AvgIpc) is 2.39. The van der Waals surface area contributed by atoms with Gasteiger partial charge in [-0.2, -0.15) is 0 Å². The van der Waals surface area contributed by atoms with Gasteiger partial charge in [0.25, 0.3) is 0 Å². The van der Waals surface area contributed by atoms with Crippen LogP contribution in [0.5, 0.6) is 0 Å². The standard InChI is InChI=1S/C14H4F6/c15-9-3-7(4-10(16)13(9)19)1-2-8-5-11(17)14(20)12(18)6-8/h3-6H. The summed E-state index contributed by atoms with van der Waals surface area (Å²) in [6, 6.07) is 2.51. The highest BCUT2D eigenvalue weighted by atomic mass is 19.2. The van der Waals surface area contributed by atoms with Gasteiger partial charge in [-0.1, -0.05) is 11.8 Å². The molecule has 2 aromatic carbocycles. The Labute approximate surface area is 109 Å². The molecular formula is C14H4F6. The van der Waals surface area contributed by atoms with Gasteiger partial charge in [-0.3, -0.25) is 0 Å². The third-order valence-electron chi connectivity index (χ3n) is 2.32. The van der Waals surface area contributed by atoms with Gasteiger partial charge in [-0.05, 0) is 24.3 Å². The van der Waals surface area contributed by atoms with E-state index >= 15 is 0 Å². The van der Waals surface area contributed by atoms with Crippen LogP contribution >= 0.6 is 0 Å². The molecule has 0 saturated carbocycles. The van der Waals surface area contributed by atoms with Gasteiger partial charge in [0.2, 0.25) is 0 Å². The van der Waals surface area contributed by atoms with Crippen LogP contribution in [0.15, 0.2) is 24.3 Å². The van der Waals surface area contributed by atoms with Crippen LogP contribution in [0, 0.1) is 46.7 Å². The summed E-state index contributed by atoms with van der Waals surface area (Å²) in [6.07, 6.45) is 0. The van der Waals surface area contributed by atoms with Gasteiger partial charge >= 0.3 is 0 Å². The van der Waals surface area contributed by atoms with Crippen molar-refractivity contribution < 1.29 is 26.3 Å². The lowest BCUT2D eigenvalue weighted by Gasteiger charge is -1.97. The van der Waals surface area contributed by atoms with Crippen LogP contribution in [0.2, 0.25) is 0 Å². The molecule has 0 nitrogen and oxygen atoms in total. The number of hydrogen-bond donors (Lipinski definition) is 0. The summed E-state index contributed by atoms with van der Waals surface area (Å²) < 4.78 is 76.9. The van der Waals surface area contributed by atoms with Gasteiger partial charge in [0.15, 0.2) is 34.9 Å². The fourth-order valence-electron chi connectivity index (χ4n) is 1.40. The lowest BCUT2D eigenvalue weighted by molar-refractivity contribution is 0.446. The van der Waals surface area contributed by atoms with Crippen LogP contribution in [-0.2, 0) is 0 Å². The normalized spacial score (nSPS) is 10.1. The molecule has 0 atom stereocenters. The molecule has 2 rings (SSSR count). The Hall–Kier alpha value is -2.42. The third-order valence-corrected chi connectivity index (χ3v) is 2.32. The minimum atomic E-state index is -1.64. The number of rotatable bonds is 0. The molecule has 0 aliphatic heterocycles. The maximum atomic E-state index is 12.9. The molecule has 102 valence electrons. The number of benzene rings is 2. The van der Waals surface area contributed by atoms with Crippen molar-refractivity contribution in [2.24, 2.45) is 0 Å². The zero-order chi connectivity index (χ0) is 14.9. The first-order chi connectivity index (χ1) is 9.38. The van der Waals surface area contributed by atoms with Gasteiger partial charge < -0.3 is 0 Å². The van der Waals surface area contributed by atoms with Crippen LogP contribution in [-0.4, -0.2) is 0 Å². The Morgan fingerprint density at radius 2 is 0.750 bits per heavy atom. The summed E-state index contributed by atoms with van der Waals surface area (Å²) in [5, 5.41) is 0. The average molecular weight is 286 g/mol.